The van der Waals surface area contributed by atoms with Crippen LogP contribution in [0.2, 0.25) is 0 Å². The zero-order valence-corrected chi connectivity index (χ0v) is 11.1. The van der Waals surface area contributed by atoms with Gasteiger partial charge in [0.25, 0.3) is 0 Å². The average Bonchev–Trinajstić information content (AvgIpc) is 2.18. The highest BCUT2D eigenvalue weighted by Gasteiger charge is 2.24. The van der Waals surface area contributed by atoms with Crippen LogP contribution in [0.15, 0.2) is 18.2 Å². The van der Waals surface area contributed by atoms with Crippen LogP contribution in [-0.4, -0.2) is 33.7 Å². The number of nitrogens with one attached hydrogen (secondary N) is 3. The van der Waals surface area contributed by atoms with E-state index in [0.29, 0.717) is 18.8 Å². The van der Waals surface area contributed by atoms with E-state index in [9.17, 15) is 17.6 Å². The standard InChI is InChI=1S/C11H14FN3O3S/c1-19(17,18)15-10-4-8(2-3-9(10)12)14-11(16)7-5-13-6-7/h2-4,7,13,15H,5-6H2,1H3,(H,14,16). The Morgan fingerprint density at radius 3 is 2.63 bits per heavy atom. The Hall–Kier alpha value is -1.67. The summed E-state index contributed by atoms with van der Waals surface area (Å²) in [7, 11) is -3.57. The molecule has 1 aromatic rings. The third-order valence-electron chi connectivity index (χ3n) is 2.68. The number of rotatable bonds is 4. The van der Waals surface area contributed by atoms with Crippen molar-refractivity contribution >= 4 is 27.3 Å². The first-order valence-corrected chi connectivity index (χ1v) is 7.53. The molecule has 1 aliphatic rings. The van der Waals surface area contributed by atoms with Gasteiger partial charge in [0.2, 0.25) is 15.9 Å². The maximum Gasteiger partial charge on any atom is 0.230 e. The van der Waals surface area contributed by atoms with E-state index in [4.69, 9.17) is 0 Å². The molecular weight excluding hydrogens is 273 g/mol. The minimum atomic E-state index is -3.57. The first-order valence-electron chi connectivity index (χ1n) is 5.64. The zero-order chi connectivity index (χ0) is 14.0. The summed E-state index contributed by atoms with van der Waals surface area (Å²) in [6.07, 6.45) is 0.928. The van der Waals surface area contributed by atoms with E-state index in [2.05, 4.69) is 15.4 Å². The van der Waals surface area contributed by atoms with Crippen molar-refractivity contribution in [2.75, 3.05) is 29.4 Å². The van der Waals surface area contributed by atoms with Crippen LogP contribution in [0.5, 0.6) is 0 Å². The molecule has 0 unspecified atom stereocenters. The van der Waals surface area contributed by atoms with Crippen molar-refractivity contribution in [3.8, 4) is 0 Å². The monoisotopic (exact) mass is 287 g/mol. The summed E-state index contributed by atoms with van der Waals surface area (Å²) >= 11 is 0. The van der Waals surface area contributed by atoms with Crippen LogP contribution in [0.1, 0.15) is 0 Å². The van der Waals surface area contributed by atoms with E-state index < -0.39 is 15.8 Å². The van der Waals surface area contributed by atoms with Crippen LogP contribution in [0, 0.1) is 11.7 Å². The summed E-state index contributed by atoms with van der Waals surface area (Å²) in [5.41, 5.74) is 0.163. The highest BCUT2D eigenvalue weighted by atomic mass is 32.2. The van der Waals surface area contributed by atoms with E-state index in [1.807, 2.05) is 0 Å². The number of amides is 1. The molecular formula is C11H14FN3O3S. The molecule has 104 valence electrons. The van der Waals surface area contributed by atoms with Gasteiger partial charge in [-0.25, -0.2) is 12.8 Å². The van der Waals surface area contributed by atoms with Crippen LogP contribution < -0.4 is 15.4 Å². The van der Waals surface area contributed by atoms with Crippen LogP contribution in [0.3, 0.4) is 0 Å². The summed E-state index contributed by atoms with van der Waals surface area (Å²) in [4.78, 5) is 11.7. The number of sulfonamides is 1. The van der Waals surface area contributed by atoms with Crippen LogP contribution in [0.25, 0.3) is 0 Å². The van der Waals surface area contributed by atoms with Gasteiger partial charge in [-0.15, -0.1) is 0 Å². The van der Waals surface area contributed by atoms with Gasteiger partial charge in [0, 0.05) is 18.8 Å². The number of halogens is 1. The molecule has 2 rings (SSSR count). The molecule has 0 atom stereocenters. The van der Waals surface area contributed by atoms with Crippen molar-refractivity contribution in [3.05, 3.63) is 24.0 Å². The molecule has 6 nitrogen and oxygen atoms in total. The van der Waals surface area contributed by atoms with Gasteiger partial charge in [-0.1, -0.05) is 0 Å². The predicted molar refractivity (Wildman–Crippen MR) is 69.9 cm³/mol. The van der Waals surface area contributed by atoms with E-state index in [1.165, 1.54) is 12.1 Å². The van der Waals surface area contributed by atoms with Crippen molar-refractivity contribution in [2.24, 2.45) is 5.92 Å². The van der Waals surface area contributed by atoms with E-state index in [1.54, 1.807) is 0 Å². The molecule has 0 aromatic heterocycles. The Kier molecular flexibility index (Phi) is 3.72. The summed E-state index contributed by atoms with van der Waals surface area (Å²) in [6, 6.07) is 3.73. The normalized spacial score (nSPS) is 15.7. The zero-order valence-electron chi connectivity index (χ0n) is 10.2. The minimum Gasteiger partial charge on any atom is -0.326 e. The van der Waals surface area contributed by atoms with Gasteiger partial charge in [0.1, 0.15) is 5.82 Å². The molecule has 0 saturated carbocycles. The lowest BCUT2D eigenvalue weighted by Gasteiger charge is -2.25. The van der Waals surface area contributed by atoms with Gasteiger partial charge >= 0.3 is 0 Å². The highest BCUT2D eigenvalue weighted by Crippen LogP contribution is 2.21. The molecule has 19 heavy (non-hydrogen) atoms. The number of carbonyl (C=O) groups excluding carboxylic acids is 1. The predicted octanol–water partition coefficient (Wildman–Crippen LogP) is 0.355. The molecule has 0 aliphatic carbocycles. The second kappa shape index (κ2) is 5.14. The molecule has 1 amide bonds. The van der Waals surface area contributed by atoms with Gasteiger partial charge in [-0.2, -0.15) is 0 Å². The van der Waals surface area contributed by atoms with E-state index in [-0.39, 0.29) is 17.5 Å². The molecule has 0 bridgehead atoms. The SMILES string of the molecule is CS(=O)(=O)Nc1cc(NC(=O)C2CNC2)ccc1F. The second-order valence-corrected chi connectivity index (χ2v) is 6.16. The topological polar surface area (TPSA) is 87.3 Å². The van der Waals surface area contributed by atoms with Gasteiger partial charge in [0.15, 0.2) is 0 Å². The number of anilines is 2. The fourth-order valence-electron chi connectivity index (χ4n) is 1.60. The van der Waals surface area contributed by atoms with Crippen LogP contribution >= 0.6 is 0 Å². The summed E-state index contributed by atoms with van der Waals surface area (Å²) in [5.74, 6) is -0.972. The van der Waals surface area contributed by atoms with Crippen molar-refractivity contribution in [3.63, 3.8) is 0 Å². The molecule has 8 heteroatoms. The molecule has 0 spiro atoms. The fraction of sp³-hybridized carbons (Fsp3) is 0.364. The molecule has 1 saturated heterocycles. The summed E-state index contributed by atoms with van der Waals surface area (Å²) in [5, 5.41) is 5.58. The van der Waals surface area contributed by atoms with Crippen molar-refractivity contribution in [2.45, 2.75) is 0 Å². The number of hydrogen-bond acceptors (Lipinski definition) is 4. The maximum atomic E-state index is 13.4. The van der Waals surface area contributed by atoms with E-state index >= 15 is 0 Å². The van der Waals surface area contributed by atoms with Crippen LogP contribution in [-0.2, 0) is 14.8 Å². The van der Waals surface area contributed by atoms with Crippen molar-refractivity contribution < 1.29 is 17.6 Å². The third kappa shape index (κ3) is 3.65. The Bertz CT molecular complexity index is 599. The smallest absolute Gasteiger partial charge is 0.230 e. The molecule has 3 N–H and O–H groups in total. The average molecular weight is 287 g/mol. The summed E-state index contributed by atoms with van der Waals surface area (Å²) in [6.45, 7) is 1.23. The van der Waals surface area contributed by atoms with Crippen LogP contribution in [0.4, 0.5) is 15.8 Å². The second-order valence-electron chi connectivity index (χ2n) is 4.41. The maximum absolute atomic E-state index is 13.4. The Morgan fingerprint density at radius 2 is 2.11 bits per heavy atom. The fourth-order valence-corrected chi connectivity index (χ4v) is 2.16. The Balaban J connectivity index is 2.13. The lowest BCUT2D eigenvalue weighted by Crippen LogP contribution is -2.48. The molecule has 1 aliphatic heterocycles. The molecule has 0 radical (unpaired) electrons. The van der Waals surface area contributed by atoms with Gasteiger partial charge in [-0.05, 0) is 18.2 Å². The van der Waals surface area contributed by atoms with Gasteiger partial charge in [-0.3, -0.25) is 9.52 Å². The number of carbonyl (C=O) groups is 1. The lowest BCUT2D eigenvalue weighted by atomic mass is 10.0. The largest absolute Gasteiger partial charge is 0.326 e. The van der Waals surface area contributed by atoms with Crippen molar-refractivity contribution in [1.29, 1.82) is 0 Å². The van der Waals surface area contributed by atoms with Gasteiger partial charge in [0.05, 0.1) is 17.9 Å². The third-order valence-corrected chi connectivity index (χ3v) is 3.27. The molecule has 1 aromatic carbocycles. The number of benzene rings is 1. The quantitative estimate of drug-likeness (QED) is 0.746. The summed E-state index contributed by atoms with van der Waals surface area (Å²) < 4.78 is 37.6. The van der Waals surface area contributed by atoms with Crippen molar-refractivity contribution in [1.82, 2.24) is 5.32 Å². The van der Waals surface area contributed by atoms with E-state index in [0.717, 1.165) is 12.3 Å². The Labute approximate surface area is 110 Å². The number of hydrogen-bond donors (Lipinski definition) is 3. The Morgan fingerprint density at radius 1 is 1.42 bits per heavy atom. The lowest BCUT2D eigenvalue weighted by molar-refractivity contribution is -0.121. The molecule has 1 fully saturated rings. The molecule has 1 heterocycles. The van der Waals surface area contributed by atoms with Gasteiger partial charge < -0.3 is 10.6 Å². The highest BCUT2D eigenvalue weighted by molar-refractivity contribution is 7.92. The first kappa shape index (κ1) is 13.8. The minimum absolute atomic E-state index is 0.101. The first-order chi connectivity index (χ1) is 8.85.